The van der Waals surface area contributed by atoms with Gasteiger partial charge in [-0.1, -0.05) is 18.6 Å². The predicted octanol–water partition coefficient (Wildman–Crippen LogP) is 3.49. The Labute approximate surface area is 163 Å². The third-order valence-corrected chi connectivity index (χ3v) is 8.85. The van der Waals surface area contributed by atoms with Gasteiger partial charge < -0.3 is 11.1 Å². The molecule has 3 rings (SSSR count). The first-order chi connectivity index (χ1) is 12.6. The molecule has 2 fully saturated rings. The molecule has 3 N–H and O–H groups in total. The molecule has 6 heteroatoms. The van der Waals surface area contributed by atoms with Gasteiger partial charge in [-0.2, -0.15) is 0 Å². The Balaban J connectivity index is 1.67. The number of nitrogens with two attached hydrogens (primary N) is 1. The molecule has 0 aromatic heterocycles. The number of amides is 1. The largest absolute Gasteiger partial charge is 0.327 e. The highest BCUT2D eigenvalue weighted by molar-refractivity contribution is 7.91. The molecule has 2 bridgehead atoms. The zero-order valence-corrected chi connectivity index (χ0v) is 17.4. The van der Waals surface area contributed by atoms with Gasteiger partial charge in [-0.3, -0.25) is 4.79 Å². The van der Waals surface area contributed by atoms with Crippen molar-refractivity contribution in [2.75, 3.05) is 5.32 Å². The molecule has 27 heavy (non-hydrogen) atoms. The second kappa shape index (κ2) is 7.55. The summed E-state index contributed by atoms with van der Waals surface area (Å²) in [5.74, 6) is 0.924. The average molecular weight is 393 g/mol. The normalized spacial score (nSPS) is 28.6. The summed E-state index contributed by atoms with van der Waals surface area (Å²) >= 11 is 0. The van der Waals surface area contributed by atoms with E-state index >= 15 is 0 Å². The topological polar surface area (TPSA) is 89.3 Å². The summed E-state index contributed by atoms with van der Waals surface area (Å²) in [5.41, 5.74) is 7.69. The Morgan fingerprint density at radius 2 is 1.81 bits per heavy atom. The van der Waals surface area contributed by atoms with Crippen LogP contribution in [0.5, 0.6) is 0 Å². The van der Waals surface area contributed by atoms with Gasteiger partial charge in [-0.15, -0.1) is 0 Å². The van der Waals surface area contributed by atoms with Crippen molar-refractivity contribution in [2.24, 2.45) is 23.5 Å². The van der Waals surface area contributed by atoms with Crippen LogP contribution in [0.15, 0.2) is 24.3 Å². The standard InChI is InChI=1S/C21H32N2O3S/c1-21(2,3)27(25,26)13-14-6-4-9-18(10-14)23-20(24)17-11-15-7-5-8-16(12-17)19(15)22/h4,6,9-10,15-17,19H,5,7-8,11-13,22H2,1-3H3,(H,23,24). The van der Waals surface area contributed by atoms with E-state index in [0.717, 1.165) is 25.7 Å². The molecular weight excluding hydrogens is 360 g/mol. The lowest BCUT2D eigenvalue weighted by Gasteiger charge is -2.43. The summed E-state index contributed by atoms with van der Waals surface area (Å²) in [7, 11) is -3.26. The molecule has 0 saturated heterocycles. The molecule has 150 valence electrons. The Morgan fingerprint density at radius 3 is 2.41 bits per heavy atom. The number of hydrogen-bond donors (Lipinski definition) is 2. The number of fused-ring (bicyclic) bond motifs is 2. The SMILES string of the molecule is CC(C)(C)S(=O)(=O)Cc1cccc(NC(=O)C2CC3CCCC(C2)C3N)c1. The quantitative estimate of drug-likeness (QED) is 0.821. The number of anilines is 1. The zero-order valence-electron chi connectivity index (χ0n) is 16.6. The van der Waals surface area contributed by atoms with Crippen LogP contribution in [0, 0.1) is 17.8 Å². The molecule has 2 aliphatic rings. The van der Waals surface area contributed by atoms with E-state index in [2.05, 4.69) is 5.32 Å². The molecule has 2 saturated carbocycles. The summed E-state index contributed by atoms with van der Waals surface area (Å²) in [4.78, 5) is 12.8. The highest BCUT2D eigenvalue weighted by Gasteiger charge is 2.40. The van der Waals surface area contributed by atoms with Crippen molar-refractivity contribution in [3.63, 3.8) is 0 Å². The van der Waals surface area contributed by atoms with Crippen LogP contribution >= 0.6 is 0 Å². The van der Waals surface area contributed by atoms with Crippen molar-refractivity contribution in [1.82, 2.24) is 0 Å². The van der Waals surface area contributed by atoms with E-state index in [1.54, 1.807) is 39.0 Å². The van der Waals surface area contributed by atoms with Crippen LogP contribution in [0.25, 0.3) is 0 Å². The fourth-order valence-electron chi connectivity index (χ4n) is 4.42. The lowest BCUT2D eigenvalue weighted by atomic mass is 9.65. The minimum Gasteiger partial charge on any atom is -0.327 e. The highest BCUT2D eigenvalue weighted by atomic mass is 32.2. The Kier molecular flexibility index (Phi) is 5.69. The second-order valence-corrected chi connectivity index (χ2v) is 12.0. The number of hydrogen-bond acceptors (Lipinski definition) is 4. The van der Waals surface area contributed by atoms with Crippen LogP contribution in [0.4, 0.5) is 5.69 Å². The van der Waals surface area contributed by atoms with Crippen molar-refractivity contribution in [1.29, 1.82) is 0 Å². The van der Waals surface area contributed by atoms with Crippen LogP contribution in [-0.4, -0.2) is 25.1 Å². The van der Waals surface area contributed by atoms with Crippen molar-refractivity contribution in [2.45, 2.75) is 69.4 Å². The van der Waals surface area contributed by atoms with E-state index in [4.69, 9.17) is 5.73 Å². The smallest absolute Gasteiger partial charge is 0.227 e. The predicted molar refractivity (Wildman–Crippen MR) is 109 cm³/mol. The van der Waals surface area contributed by atoms with E-state index in [9.17, 15) is 13.2 Å². The molecule has 1 aromatic carbocycles. The van der Waals surface area contributed by atoms with Crippen molar-refractivity contribution in [3.8, 4) is 0 Å². The monoisotopic (exact) mass is 392 g/mol. The molecule has 5 nitrogen and oxygen atoms in total. The van der Waals surface area contributed by atoms with Gasteiger partial charge in [0.25, 0.3) is 0 Å². The first kappa shape index (κ1) is 20.3. The fraction of sp³-hybridized carbons (Fsp3) is 0.667. The first-order valence-corrected chi connectivity index (χ1v) is 11.6. The number of carbonyl (C=O) groups excluding carboxylic acids is 1. The Hall–Kier alpha value is -1.40. The van der Waals surface area contributed by atoms with Crippen molar-refractivity contribution < 1.29 is 13.2 Å². The zero-order chi connectivity index (χ0) is 19.8. The molecule has 1 amide bonds. The third-order valence-electron chi connectivity index (χ3n) is 6.27. The molecular formula is C21H32N2O3S. The molecule has 0 radical (unpaired) electrons. The van der Waals surface area contributed by atoms with Gasteiger partial charge in [0.1, 0.15) is 0 Å². The molecule has 2 atom stereocenters. The van der Waals surface area contributed by atoms with Crippen LogP contribution in [0.3, 0.4) is 0 Å². The number of carbonyl (C=O) groups is 1. The summed E-state index contributed by atoms with van der Waals surface area (Å²) < 4.78 is 24.1. The van der Waals surface area contributed by atoms with Gasteiger partial charge in [-0.05, 0) is 76.0 Å². The maximum Gasteiger partial charge on any atom is 0.227 e. The minimum absolute atomic E-state index is 0.00191. The molecule has 0 heterocycles. The van der Waals surface area contributed by atoms with Gasteiger partial charge in [0.2, 0.25) is 5.91 Å². The third kappa shape index (κ3) is 4.54. The first-order valence-electron chi connectivity index (χ1n) is 9.94. The van der Waals surface area contributed by atoms with E-state index in [1.807, 2.05) is 6.07 Å². The number of rotatable bonds is 4. The minimum atomic E-state index is -3.26. The average Bonchev–Trinajstić information content (AvgIpc) is 2.53. The van der Waals surface area contributed by atoms with Crippen LogP contribution in [0.1, 0.15) is 58.4 Å². The summed E-state index contributed by atoms with van der Waals surface area (Å²) in [6.45, 7) is 5.12. The number of benzene rings is 1. The van der Waals surface area contributed by atoms with E-state index in [-0.39, 0.29) is 23.6 Å². The summed E-state index contributed by atoms with van der Waals surface area (Å²) in [5, 5.41) is 3.01. The van der Waals surface area contributed by atoms with Gasteiger partial charge in [-0.25, -0.2) is 8.42 Å². The van der Waals surface area contributed by atoms with E-state index < -0.39 is 14.6 Å². The Bertz CT molecular complexity index is 784. The molecule has 2 unspecified atom stereocenters. The second-order valence-electron chi connectivity index (χ2n) is 9.26. The number of sulfone groups is 1. The van der Waals surface area contributed by atoms with Crippen molar-refractivity contribution >= 4 is 21.4 Å². The van der Waals surface area contributed by atoms with Crippen molar-refractivity contribution in [3.05, 3.63) is 29.8 Å². The summed E-state index contributed by atoms with van der Waals surface area (Å²) in [6.07, 6.45) is 5.20. The lowest BCUT2D eigenvalue weighted by molar-refractivity contribution is -0.122. The van der Waals surface area contributed by atoms with Gasteiger partial charge in [0.15, 0.2) is 9.84 Å². The van der Waals surface area contributed by atoms with E-state index in [1.165, 1.54) is 6.42 Å². The fourth-order valence-corrected chi connectivity index (χ4v) is 5.47. The number of nitrogens with one attached hydrogen (secondary N) is 1. The highest BCUT2D eigenvalue weighted by Crippen LogP contribution is 2.42. The Morgan fingerprint density at radius 1 is 1.19 bits per heavy atom. The molecule has 0 spiro atoms. The maximum atomic E-state index is 12.8. The van der Waals surface area contributed by atoms with Crippen LogP contribution < -0.4 is 11.1 Å². The van der Waals surface area contributed by atoms with E-state index in [0.29, 0.717) is 23.1 Å². The summed E-state index contributed by atoms with van der Waals surface area (Å²) in [6, 6.07) is 7.43. The van der Waals surface area contributed by atoms with Gasteiger partial charge in [0, 0.05) is 17.6 Å². The molecule has 2 aliphatic carbocycles. The molecule has 0 aliphatic heterocycles. The molecule has 1 aromatic rings. The maximum absolute atomic E-state index is 12.8. The van der Waals surface area contributed by atoms with Gasteiger partial charge in [0.05, 0.1) is 10.5 Å². The lowest BCUT2D eigenvalue weighted by Crippen LogP contribution is -2.48. The van der Waals surface area contributed by atoms with Gasteiger partial charge >= 0.3 is 0 Å². The van der Waals surface area contributed by atoms with Crippen LogP contribution in [0.2, 0.25) is 0 Å². The van der Waals surface area contributed by atoms with Crippen LogP contribution in [-0.2, 0) is 20.4 Å².